The average molecular weight is 565 g/mol. The van der Waals surface area contributed by atoms with Crippen LogP contribution in [0, 0.1) is 0 Å². The fourth-order valence-corrected chi connectivity index (χ4v) is 3.42. The number of ether oxygens (including phenoxy) is 2. The van der Waals surface area contributed by atoms with E-state index in [9.17, 15) is 14.7 Å². The van der Waals surface area contributed by atoms with Gasteiger partial charge in [0.1, 0.15) is 0 Å². The van der Waals surface area contributed by atoms with Crippen LogP contribution in [0.3, 0.4) is 0 Å². The van der Waals surface area contributed by atoms with Crippen LogP contribution in [0.5, 0.6) is 11.5 Å². The quantitative estimate of drug-likeness (QED) is 0.245. The summed E-state index contributed by atoms with van der Waals surface area (Å²) < 4.78 is 10.9. The van der Waals surface area contributed by atoms with Crippen LogP contribution in [0.2, 0.25) is 0 Å². The van der Waals surface area contributed by atoms with E-state index < -0.39 is 23.2 Å². The molecule has 0 aliphatic heterocycles. The van der Waals surface area contributed by atoms with Crippen molar-refractivity contribution in [2.75, 3.05) is 0 Å². The summed E-state index contributed by atoms with van der Waals surface area (Å²) in [5, 5.41) is 9.81. The monoisotopic (exact) mass is 565 g/mol. The first-order valence-electron chi connectivity index (χ1n) is 7.13. The number of carbonyl (C=O) groups is 2. The summed E-state index contributed by atoms with van der Waals surface area (Å²) in [6.07, 6.45) is 0. The molecule has 0 bridgehead atoms. The Balaban J connectivity index is 2.36. The van der Waals surface area contributed by atoms with Crippen molar-refractivity contribution in [1.82, 2.24) is 0 Å². The summed E-state index contributed by atoms with van der Waals surface area (Å²) in [6.45, 7) is 5.21. The molecule has 0 aliphatic rings. The van der Waals surface area contributed by atoms with Crippen LogP contribution in [0.4, 0.5) is 0 Å². The van der Waals surface area contributed by atoms with Gasteiger partial charge in [0.25, 0.3) is 0 Å². The van der Waals surface area contributed by atoms with Crippen molar-refractivity contribution in [2.45, 2.75) is 13.5 Å². The van der Waals surface area contributed by atoms with E-state index in [0.717, 1.165) is 11.1 Å². The number of halogens is 2. The first-order chi connectivity index (χ1) is 11.9. The van der Waals surface area contributed by atoms with Gasteiger partial charge in [0.05, 0.1) is 0 Å². The molecule has 0 saturated carbocycles. The topological polar surface area (TPSA) is 72.8 Å². The minimum absolute atomic E-state index is 0.0559. The van der Waals surface area contributed by atoms with Crippen LogP contribution in [0.25, 0.3) is 11.1 Å². The van der Waals surface area contributed by atoms with Gasteiger partial charge in [0.2, 0.25) is 0 Å². The number of hydrogen-bond donors (Lipinski definition) is 1. The molecular weight excluding hydrogens is 550 g/mol. The summed E-state index contributed by atoms with van der Waals surface area (Å²) in [4.78, 5) is 23.0. The van der Waals surface area contributed by atoms with E-state index in [1.807, 2.05) is 18.2 Å². The van der Waals surface area contributed by atoms with Gasteiger partial charge < -0.3 is 0 Å². The van der Waals surface area contributed by atoms with E-state index >= 15 is 0 Å². The predicted octanol–water partition coefficient (Wildman–Crippen LogP) is 0.980. The van der Waals surface area contributed by atoms with Crippen molar-refractivity contribution in [3.63, 3.8) is 0 Å². The van der Waals surface area contributed by atoms with Crippen molar-refractivity contribution in [3.8, 4) is 22.6 Å². The van der Waals surface area contributed by atoms with Crippen LogP contribution >= 0.6 is 18.6 Å². The molecule has 25 heavy (non-hydrogen) atoms. The molecule has 0 unspecified atom stereocenters. The Morgan fingerprint density at radius 3 is 2.68 bits per heavy atom. The fraction of sp³-hybridized carbons (Fsp3) is 0.111. The van der Waals surface area contributed by atoms with Crippen molar-refractivity contribution in [1.29, 1.82) is 0 Å². The Labute approximate surface area is 165 Å². The normalized spacial score (nSPS) is 10.3. The molecule has 0 spiro atoms. The molecule has 2 aromatic rings. The summed E-state index contributed by atoms with van der Waals surface area (Å²) in [5.41, 5.74) is 2.09. The molecule has 2 rings (SSSR count). The summed E-state index contributed by atoms with van der Waals surface area (Å²) in [5.74, 6) is -0.439. The van der Waals surface area contributed by atoms with Crippen molar-refractivity contribution < 1.29 is 41.4 Å². The van der Waals surface area contributed by atoms with Gasteiger partial charge in [-0.05, 0) is 0 Å². The third kappa shape index (κ3) is 5.70. The van der Waals surface area contributed by atoms with Crippen molar-refractivity contribution >= 4 is 30.6 Å². The maximum atomic E-state index is 12.0. The SMILES string of the molecule is C=C([I-]I)C(=O)Oc1ccc(O)cc1-c1cccc(COC(C)=O)c1. The number of phenolic OH excluding ortho intramolecular Hbond substituents is 1. The zero-order valence-electron chi connectivity index (χ0n) is 13.3. The molecule has 7 heteroatoms. The van der Waals surface area contributed by atoms with Gasteiger partial charge in [-0.15, -0.1) is 0 Å². The first-order valence-corrected chi connectivity index (χ1v) is 14.5. The summed E-state index contributed by atoms with van der Waals surface area (Å²) >= 11 is 1.66. The van der Waals surface area contributed by atoms with Gasteiger partial charge in [-0.1, -0.05) is 0 Å². The zero-order valence-corrected chi connectivity index (χ0v) is 17.6. The van der Waals surface area contributed by atoms with Crippen LogP contribution in [0.1, 0.15) is 12.5 Å². The van der Waals surface area contributed by atoms with Gasteiger partial charge in [0, 0.05) is 0 Å². The molecule has 0 atom stereocenters. The number of phenols is 1. The van der Waals surface area contributed by atoms with Gasteiger partial charge >= 0.3 is 166 Å². The summed E-state index contributed by atoms with van der Waals surface area (Å²) in [6, 6.07) is 11.8. The number of aromatic hydroxyl groups is 1. The molecule has 0 fully saturated rings. The predicted molar refractivity (Wildman–Crippen MR) is 97.8 cm³/mol. The van der Waals surface area contributed by atoms with Crippen LogP contribution in [-0.2, 0) is 20.9 Å². The van der Waals surface area contributed by atoms with E-state index in [0.29, 0.717) is 14.9 Å². The standard InChI is InChI=1S/C18H15I2O5/c1-11(20-19)18(23)25-17-7-6-15(22)9-16(17)14-5-3-4-13(8-14)10-24-12(2)21/h3-9,22H,1,10H2,2H3/q-1. The molecule has 2 aromatic carbocycles. The second kappa shape index (κ2) is 9.18. The molecule has 0 amide bonds. The summed E-state index contributed by atoms with van der Waals surface area (Å²) in [7, 11) is 0. The number of benzene rings is 2. The van der Waals surface area contributed by atoms with Gasteiger partial charge in [0.15, 0.2) is 0 Å². The molecule has 0 saturated heterocycles. The third-order valence-corrected chi connectivity index (χ3v) is 7.39. The molecule has 0 aromatic heterocycles. The fourth-order valence-electron chi connectivity index (χ4n) is 2.03. The van der Waals surface area contributed by atoms with E-state index in [4.69, 9.17) is 9.47 Å². The Kier molecular flexibility index (Phi) is 7.24. The zero-order chi connectivity index (χ0) is 18.4. The third-order valence-electron chi connectivity index (χ3n) is 3.15. The molecule has 1 N–H and O–H groups in total. The number of hydrogen-bond acceptors (Lipinski definition) is 5. The number of esters is 2. The first kappa shape index (κ1) is 19.7. The Bertz CT molecular complexity index is 817. The van der Waals surface area contributed by atoms with Gasteiger partial charge in [-0.25, -0.2) is 0 Å². The Morgan fingerprint density at radius 1 is 1.24 bits per heavy atom. The molecule has 132 valence electrons. The average Bonchev–Trinajstić information content (AvgIpc) is 2.60. The maximum absolute atomic E-state index is 12.0. The molecule has 5 nitrogen and oxygen atoms in total. The molecule has 0 aliphatic carbocycles. The van der Waals surface area contributed by atoms with Crippen molar-refractivity contribution in [3.05, 3.63) is 58.2 Å². The van der Waals surface area contributed by atoms with Crippen LogP contribution in [-0.4, -0.2) is 17.0 Å². The second-order valence-corrected chi connectivity index (χ2v) is 9.47. The Hall–Kier alpha value is -1.62. The van der Waals surface area contributed by atoms with E-state index in [2.05, 4.69) is 25.2 Å². The second-order valence-electron chi connectivity index (χ2n) is 5.03. The Morgan fingerprint density at radius 2 is 2.00 bits per heavy atom. The number of carbonyl (C=O) groups excluding carboxylic acids is 2. The van der Waals surface area contributed by atoms with Gasteiger partial charge in [-0.2, -0.15) is 0 Å². The minimum atomic E-state index is -0.479. The van der Waals surface area contributed by atoms with Crippen LogP contribution in [0.15, 0.2) is 52.6 Å². The molecule has 0 heterocycles. The number of rotatable bonds is 6. The van der Waals surface area contributed by atoms with E-state index in [1.165, 1.54) is 19.1 Å². The molecule has 0 radical (unpaired) electrons. The van der Waals surface area contributed by atoms with E-state index in [1.54, 1.807) is 12.1 Å². The molecular formula is C18H15I2O5-. The van der Waals surface area contributed by atoms with Crippen LogP contribution < -0.4 is 22.0 Å². The van der Waals surface area contributed by atoms with E-state index in [-0.39, 0.29) is 18.3 Å². The van der Waals surface area contributed by atoms with Gasteiger partial charge in [-0.3, -0.25) is 0 Å². The van der Waals surface area contributed by atoms with Crippen molar-refractivity contribution in [2.24, 2.45) is 0 Å².